The second-order valence-corrected chi connectivity index (χ2v) is 7.89. The molecule has 166 valence electrons. The van der Waals surface area contributed by atoms with Gasteiger partial charge in [0, 0.05) is 5.02 Å². The molecule has 4 aromatic carbocycles. The summed E-state index contributed by atoms with van der Waals surface area (Å²) in [6.07, 6.45) is 4.06. The Labute approximate surface area is 198 Å². The Morgan fingerprint density at radius 2 is 1.73 bits per heavy atom. The number of aryl methyl sites for hydroxylation is 1. The van der Waals surface area contributed by atoms with Gasteiger partial charge in [0.15, 0.2) is 18.1 Å². The minimum atomic E-state index is -0.528. The Morgan fingerprint density at radius 1 is 0.909 bits per heavy atom. The molecule has 0 aliphatic heterocycles. The summed E-state index contributed by atoms with van der Waals surface area (Å²) < 4.78 is 16.4. The van der Waals surface area contributed by atoms with Gasteiger partial charge in [0.2, 0.25) is 0 Å². The molecule has 0 atom stereocenters. The van der Waals surface area contributed by atoms with Gasteiger partial charge in [0.05, 0.1) is 7.11 Å². The van der Waals surface area contributed by atoms with Crippen LogP contribution in [0.2, 0.25) is 5.02 Å². The molecule has 0 saturated carbocycles. The minimum absolute atomic E-state index is 0.229. The fraction of sp³-hybridized carbons (Fsp3) is 0.107. The van der Waals surface area contributed by atoms with Crippen molar-refractivity contribution in [3.05, 3.63) is 101 Å². The van der Waals surface area contributed by atoms with E-state index in [-0.39, 0.29) is 6.61 Å². The molecular formula is C28H23ClO4. The van der Waals surface area contributed by atoms with Gasteiger partial charge in [-0.1, -0.05) is 72.3 Å². The van der Waals surface area contributed by atoms with Crippen molar-refractivity contribution in [2.24, 2.45) is 0 Å². The average Bonchev–Trinajstić information content (AvgIpc) is 2.84. The number of ether oxygens (including phenoxy) is 3. The van der Waals surface area contributed by atoms with Gasteiger partial charge >= 0.3 is 5.97 Å². The van der Waals surface area contributed by atoms with Crippen LogP contribution in [0, 0.1) is 6.92 Å². The van der Waals surface area contributed by atoms with E-state index in [1.807, 2.05) is 43.3 Å². The first-order chi connectivity index (χ1) is 16.0. The molecule has 0 heterocycles. The smallest absolute Gasteiger partial charge is 0.349 e. The lowest BCUT2D eigenvalue weighted by Gasteiger charge is -2.11. The maximum Gasteiger partial charge on any atom is 0.349 e. The standard InChI is InChI=1S/C28H23ClO4/c1-19-16-23(13-14-25(19)29)32-18-28(30)33-26-15-11-20(17-27(26)31-2)10-12-22-8-5-7-21-6-3-4-9-24(21)22/h3-17H,18H2,1-2H3. The second kappa shape index (κ2) is 10.2. The summed E-state index contributed by atoms with van der Waals surface area (Å²) in [5.41, 5.74) is 2.92. The number of fused-ring (bicyclic) bond motifs is 1. The highest BCUT2D eigenvalue weighted by Gasteiger charge is 2.12. The number of rotatable bonds is 7. The van der Waals surface area contributed by atoms with Gasteiger partial charge in [-0.2, -0.15) is 0 Å². The van der Waals surface area contributed by atoms with E-state index in [1.165, 1.54) is 17.9 Å². The Balaban J connectivity index is 1.44. The predicted molar refractivity (Wildman–Crippen MR) is 133 cm³/mol. The molecule has 0 spiro atoms. The molecule has 5 heteroatoms. The third kappa shape index (κ3) is 5.54. The van der Waals surface area contributed by atoms with Crippen LogP contribution in [0.1, 0.15) is 16.7 Å². The van der Waals surface area contributed by atoms with E-state index in [1.54, 1.807) is 24.3 Å². The van der Waals surface area contributed by atoms with Crippen molar-refractivity contribution >= 4 is 40.5 Å². The molecule has 33 heavy (non-hydrogen) atoms. The molecule has 4 nitrogen and oxygen atoms in total. The molecule has 0 aliphatic rings. The molecule has 0 unspecified atom stereocenters. The lowest BCUT2D eigenvalue weighted by atomic mass is 10.0. The van der Waals surface area contributed by atoms with Gasteiger partial charge in [-0.25, -0.2) is 4.79 Å². The molecule has 0 aromatic heterocycles. The van der Waals surface area contributed by atoms with E-state index in [0.717, 1.165) is 16.7 Å². The summed E-state index contributed by atoms with van der Waals surface area (Å²) in [7, 11) is 1.54. The van der Waals surface area contributed by atoms with Gasteiger partial charge in [0.1, 0.15) is 5.75 Å². The monoisotopic (exact) mass is 458 g/mol. The van der Waals surface area contributed by atoms with Crippen LogP contribution >= 0.6 is 11.6 Å². The predicted octanol–water partition coefficient (Wildman–Crippen LogP) is 6.97. The Morgan fingerprint density at radius 3 is 2.55 bits per heavy atom. The van der Waals surface area contributed by atoms with Crippen molar-refractivity contribution in [1.82, 2.24) is 0 Å². The first-order valence-corrected chi connectivity index (χ1v) is 10.8. The molecule has 0 bridgehead atoms. The second-order valence-electron chi connectivity index (χ2n) is 7.49. The van der Waals surface area contributed by atoms with Crippen LogP contribution in [-0.4, -0.2) is 19.7 Å². The van der Waals surface area contributed by atoms with Crippen LogP contribution in [0.4, 0.5) is 0 Å². The zero-order valence-electron chi connectivity index (χ0n) is 18.4. The molecule has 0 saturated heterocycles. The van der Waals surface area contributed by atoms with Gasteiger partial charge in [-0.3, -0.25) is 0 Å². The molecule has 0 radical (unpaired) electrons. The zero-order chi connectivity index (χ0) is 23.2. The van der Waals surface area contributed by atoms with Crippen molar-refractivity contribution in [1.29, 1.82) is 0 Å². The SMILES string of the molecule is COc1cc(C=Cc2cccc3ccccc23)ccc1OC(=O)COc1ccc(Cl)c(C)c1. The summed E-state index contributed by atoms with van der Waals surface area (Å²) in [6.45, 7) is 1.64. The van der Waals surface area contributed by atoms with Crippen molar-refractivity contribution < 1.29 is 19.0 Å². The van der Waals surface area contributed by atoms with E-state index in [0.29, 0.717) is 22.3 Å². The maximum absolute atomic E-state index is 12.3. The average molecular weight is 459 g/mol. The highest BCUT2D eigenvalue weighted by atomic mass is 35.5. The van der Waals surface area contributed by atoms with Gasteiger partial charge in [0.25, 0.3) is 0 Å². The Bertz CT molecular complexity index is 1320. The molecule has 4 rings (SSSR count). The van der Waals surface area contributed by atoms with Crippen LogP contribution < -0.4 is 14.2 Å². The van der Waals surface area contributed by atoms with E-state index in [9.17, 15) is 4.79 Å². The van der Waals surface area contributed by atoms with Gasteiger partial charge in [-0.05, 0) is 64.7 Å². The largest absolute Gasteiger partial charge is 0.493 e. The lowest BCUT2D eigenvalue weighted by Crippen LogP contribution is -2.18. The Kier molecular flexibility index (Phi) is 6.96. The van der Waals surface area contributed by atoms with E-state index in [2.05, 4.69) is 30.3 Å². The van der Waals surface area contributed by atoms with Gasteiger partial charge in [-0.15, -0.1) is 0 Å². The van der Waals surface area contributed by atoms with Crippen LogP contribution in [-0.2, 0) is 4.79 Å². The number of benzene rings is 4. The fourth-order valence-electron chi connectivity index (χ4n) is 3.46. The molecule has 0 N–H and O–H groups in total. The first kappa shape index (κ1) is 22.4. The third-order valence-corrected chi connectivity index (χ3v) is 5.60. The normalized spacial score (nSPS) is 11.0. The maximum atomic E-state index is 12.3. The zero-order valence-corrected chi connectivity index (χ0v) is 19.1. The summed E-state index contributed by atoms with van der Waals surface area (Å²) in [6, 6.07) is 25.1. The number of methoxy groups -OCH3 is 1. The van der Waals surface area contributed by atoms with E-state index in [4.69, 9.17) is 25.8 Å². The Hall–Kier alpha value is -3.76. The van der Waals surface area contributed by atoms with Crippen molar-refractivity contribution in [2.75, 3.05) is 13.7 Å². The summed E-state index contributed by atoms with van der Waals surface area (Å²) >= 11 is 6.01. The fourth-order valence-corrected chi connectivity index (χ4v) is 3.57. The summed E-state index contributed by atoms with van der Waals surface area (Å²) in [4.78, 5) is 12.3. The summed E-state index contributed by atoms with van der Waals surface area (Å²) in [5.74, 6) is 0.821. The number of halogens is 1. The van der Waals surface area contributed by atoms with Crippen LogP contribution in [0.15, 0.2) is 78.9 Å². The van der Waals surface area contributed by atoms with Crippen molar-refractivity contribution in [3.8, 4) is 17.2 Å². The molecular weight excluding hydrogens is 436 g/mol. The summed E-state index contributed by atoms with van der Waals surface area (Å²) in [5, 5.41) is 3.02. The molecule has 0 fully saturated rings. The lowest BCUT2D eigenvalue weighted by molar-refractivity contribution is -0.136. The van der Waals surface area contributed by atoms with Crippen molar-refractivity contribution in [2.45, 2.75) is 6.92 Å². The van der Waals surface area contributed by atoms with Crippen molar-refractivity contribution in [3.63, 3.8) is 0 Å². The topological polar surface area (TPSA) is 44.8 Å². The number of esters is 1. The molecule has 0 aliphatic carbocycles. The molecule has 4 aromatic rings. The number of carbonyl (C=O) groups is 1. The van der Waals surface area contributed by atoms with Crippen LogP contribution in [0.5, 0.6) is 17.2 Å². The molecule has 0 amide bonds. The highest BCUT2D eigenvalue weighted by Crippen LogP contribution is 2.30. The van der Waals surface area contributed by atoms with Gasteiger partial charge < -0.3 is 14.2 Å². The number of carbonyl (C=O) groups excluding carboxylic acids is 1. The van der Waals surface area contributed by atoms with Crippen LogP contribution in [0.25, 0.3) is 22.9 Å². The number of hydrogen-bond acceptors (Lipinski definition) is 4. The van der Waals surface area contributed by atoms with E-state index < -0.39 is 5.97 Å². The third-order valence-electron chi connectivity index (χ3n) is 5.18. The number of hydrogen-bond donors (Lipinski definition) is 0. The minimum Gasteiger partial charge on any atom is -0.493 e. The first-order valence-electron chi connectivity index (χ1n) is 10.5. The van der Waals surface area contributed by atoms with Crippen LogP contribution in [0.3, 0.4) is 0 Å². The van der Waals surface area contributed by atoms with E-state index >= 15 is 0 Å². The quantitative estimate of drug-likeness (QED) is 0.170. The highest BCUT2D eigenvalue weighted by molar-refractivity contribution is 6.31.